The van der Waals surface area contributed by atoms with Gasteiger partial charge in [0.25, 0.3) is 0 Å². The molecule has 31 heavy (non-hydrogen) atoms. The third-order valence-corrected chi connectivity index (χ3v) is 6.79. The molecular weight excluding hydrogens is 410 g/mol. The number of aryl methyl sites for hydroxylation is 1. The number of rotatable bonds is 8. The maximum absolute atomic E-state index is 5.17. The predicted molar refractivity (Wildman–Crippen MR) is 124 cm³/mol. The summed E-state index contributed by atoms with van der Waals surface area (Å²) in [5.74, 6) is 3.36. The normalized spacial score (nSPS) is 22.3. The monoisotopic (exact) mass is 445 g/mol. The van der Waals surface area contributed by atoms with Crippen molar-refractivity contribution in [3.8, 4) is 0 Å². The van der Waals surface area contributed by atoms with Gasteiger partial charge in [-0.2, -0.15) is 5.10 Å². The summed E-state index contributed by atoms with van der Waals surface area (Å²) in [6, 6.07) is 4.69. The molecule has 2 aliphatic rings. The first-order valence-electron chi connectivity index (χ1n) is 11.4. The highest BCUT2D eigenvalue weighted by atomic mass is 32.1. The molecule has 0 saturated carbocycles. The zero-order valence-electron chi connectivity index (χ0n) is 18.7. The van der Waals surface area contributed by atoms with Crippen LogP contribution in [0.1, 0.15) is 42.7 Å². The molecule has 4 rings (SSSR count). The lowest BCUT2D eigenvalue weighted by Crippen LogP contribution is -2.47. The lowest BCUT2D eigenvalue weighted by atomic mass is 9.98. The second kappa shape index (κ2) is 11.1. The van der Waals surface area contributed by atoms with Crippen molar-refractivity contribution in [1.82, 2.24) is 30.3 Å². The first-order chi connectivity index (χ1) is 15.2. The summed E-state index contributed by atoms with van der Waals surface area (Å²) in [5, 5.41) is 13.8. The van der Waals surface area contributed by atoms with Crippen LogP contribution < -0.4 is 10.6 Å². The number of guanidine groups is 1. The van der Waals surface area contributed by atoms with E-state index < -0.39 is 0 Å². The maximum Gasteiger partial charge on any atom is 0.191 e. The van der Waals surface area contributed by atoms with E-state index in [1.807, 2.05) is 16.0 Å². The molecule has 2 unspecified atom stereocenters. The average Bonchev–Trinajstić information content (AvgIpc) is 3.42. The van der Waals surface area contributed by atoms with Gasteiger partial charge >= 0.3 is 0 Å². The van der Waals surface area contributed by atoms with E-state index in [2.05, 4.69) is 50.1 Å². The van der Waals surface area contributed by atoms with Gasteiger partial charge in [-0.05, 0) is 50.1 Å². The number of methoxy groups -OCH3 is 1. The smallest absolute Gasteiger partial charge is 0.191 e. The molecule has 2 aromatic rings. The fraction of sp³-hybridized carbons (Fsp3) is 0.682. The van der Waals surface area contributed by atoms with Gasteiger partial charge in [-0.1, -0.05) is 6.07 Å². The van der Waals surface area contributed by atoms with Gasteiger partial charge < -0.3 is 15.4 Å². The third-order valence-electron chi connectivity index (χ3n) is 5.93. The molecular formula is C22H35N7OS. The minimum atomic E-state index is 0.309. The standard InChI is InChI=1S/C22H35N7OS/c1-3-23-22(25-18-8-9-21-26-20(16-30-2)27-29(21)14-18)24-12-17-6-4-10-28(13-17)15-19-7-5-11-31-19/h5,7,11,17-18H,3-4,6,8-10,12-16H2,1-2H3,(H2,23,24,25). The lowest BCUT2D eigenvalue weighted by molar-refractivity contribution is 0.172. The maximum atomic E-state index is 5.17. The molecule has 2 N–H and O–H groups in total. The Morgan fingerprint density at radius 3 is 3.10 bits per heavy atom. The van der Waals surface area contributed by atoms with Crippen LogP contribution in [0.4, 0.5) is 0 Å². The van der Waals surface area contributed by atoms with Crippen LogP contribution in [0.25, 0.3) is 0 Å². The van der Waals surface area contributed by atoms with Gasteiger partial charge in [0.1, 0.15) is 12.4 Å². The lowest BCUT2D eigenvalue weighted by Gasteiger charge is -2.32. The van der Waals surface area contributed by atoms with Gasteiger partial charge in [-0.3, -0.25) is 9.89 Å². The third kappa shape index (κ3) is 6.27. The van der Waals surface area contributed by atoms with Crippen LogP contribution in [0.5, 0.6) is 0 Å². The highest BCUT2D eigenvalue weighted by Gasteiger charge is 2.23. The van der Waals surface area contributed by atoms with Crippen molar-refractivity contribution in [2.24, 2.45) is 10.9 Å². The van der Waals surface area contributed by atoms with Gasteiger partial charge in [0.05, 0.1) is 6.54 Å². The zero-order chi connectivity index (χ0) is 21.5. The fourth-order valence-corrected chi connectivity index (χ4v) is 5.22. The number of fused-ring (bicyclic) bond motifs is 1. The Morgan fingerprint density at radius 1 is 1.35 bits per heavy atom. The highest BCUT2D eigenvalue weighted by molar-refractivity contribution is 7.09. The van der Waals surface area contributed by atoms with Crippen LogP contribution in [-0.4, -0.2) is 65.0 Å². The van der Waals surface area contributed by atoms with Crippen molar-refractivity contribution >= 4 is 17.3 Å². The number of aliphatic imine (C=N–C) groups is 1. The summed E-state index contributed by atoms with van der Waals surface area (Å²) in [7, 11) is 1.68. The molecule has 1 fully saturated rings. The van der Waals surface area contributed by atoms with E-state index >= 15 is 0 Å². The number of piperidine rings is 1. The van der Waals surface area contributed by atoms with E-state index in [0.29, 0.717) is 18.6 Å². The Balaban J connectivity index is 1.30. The second-order valence-corrected chi connectivity index (χ2v) is 9.51. The summed E-state index contributed by atoms with van der Waals surface area (Å²) < 4.78 is 7.19. The predicted octanol–water partition coefficient (Wildman–Crippen LogP) is 2.27. The molecule has 8 nitrogen and oxygen atoms in total. The van der Waals surface area contributed by atoms with Crippen LogP contribution in [-0.2, 0) is 30.9 Å². The van der Waals surface area contributed by atoms with E-state index in [-0.39, 0.29) is 0 Å². The van der Waals surface area contributed by atoms with E-state index in [1.54, 1.807) is 7.11 Å². The molecule has 2 aromatic heterocycles. The fourth-order valence-electron chi connectivity index (χ4n) is 4.47. The Labute approximate surface area is 189 Å². The van der Waals surface area contributed by atoms with Crippen LogP contribution in [0.3, 0.4) is 0 Å². The first kappa shape index (κ1) is 22.2. The number of nitrogens with zero attached hydrogens (tertiary/aromatic N) is 5. The highest BCUT2D eigenvalue weighted by Crippen LogP contribution is 2.21. The first-order valence-corrected chi connectivity index (χ1v) is 12.3. The topological polar surface area (TPSA) is 79.6 Å². The molecule has 2 atom stereocenters. The Hall–Kier alpha value is -1.97. The number of aromatic nitrogens is 3. The molecule has 0 bridgehead atoms. The van der Waals surface area contributed by atoms with E-state index in [9.17, 15) is 0 Å². The average molecular weight is 446 g/mol. The minimum absolute atomic E-state index is 0.309. The molecule has 0 radical (unpaired) electrons. The molecule has 1 saturated heterocycles. The SMILES string of the molecule is CCNC(=NCC1CCCN(Cc2cccs2)C1)NC1CCc2nc(COC)nn2C1. The van der Waals surface area contributed by atoms with E-state index in [4.69, 9.17) is 9.73 Å². The number of likely N-dealkylation sites (tertiary alicyclic amines) is 1. The van der Waals surface area contributed by atoms with Crippen molar-refractivity contribution in [1.29, 1.82) is 0 Å². The van der Waals surface area contributed by atoms with Crippen LogP contribution >= 0.6 is 11.3 Å². The Kier molecular flexibility index (Phi) is 7.93. The largest absolute Gasteiger partial charge is 0.377 e. The van der Waals surface area contributed by atoms with Crippen molar-refractivity contribution in [2.45, 2.75) is 58.3 Å². The van der Waals surface area contributed by atoms with Gasteiger partial charge in [0, 0.05) is 50.6 Å². The van der Waals surface area contributed by atoms with Crippen LogP contribution in [0.2, 0.25) is 0 Å². The van der Waals surface area contributed by atoms with Gasteiger partial charge in [0.2, 0.25) is 0 Å². The summed E-state index contributed by atoms with van der Waals surface area (Å²) in [4.78, 5) is 13.6. The molecule has 0 aromatic carbocycles. The molecule has 4 heterocycles. The van der Waals surface area contributed by atoms with Crippen LogP contribution in [0, 0.1) is 5.92 Å². The molecule has 170 valence electrons. The summed E-state index contributed by atoms with van der Waals surface area (Å²) in [5.41, 5.74) is 0. The number of ether oxygens (including phenoxy) is 1. The van der Waals surface area contributed by atoms with E-state index in [0.717, 1.165) is 63.2 Å². The quantitative estimate of drug-likeness (QED) is 0.479. The molecule has 9 heteroatoms. The van der Waals surface area contributed by atoms with Gasteiger partial charge in [0.15, 0.2) is 11.8 Å². The zero-order valence-corrected chi connectivity index (χ0v) is 19.5. The number of thiophene rings is 1. The number of hydrogen-bond acceptors (Lipinski definition) is 6. The second-order valence-electron chi connectivity index (χ2n) is 8.48. The minimum Gasteiger partial charge on any atom is -0.377 e. The van der Waals surface area contributed by atoms with Crippen LogP contribution in [0.15, 0.2) is 22.5 Å². The summed E-state index contributed by atoms with van der Waals surface area (Å²) >= 11 is 1.85. The molecule has 2 aliphatic heterocycles. The number of nitrogens with one attached hydrogen (secondary N) is 2. The van der Waals surface area contributed by atoms with Gasteiger partial charge in [-0.15, -0.1) is 11.3 Å². The molecule has 0 amide bonds. The van der Waals surface area contributed by atoms with Crippen molar-refractivity contribution in [3.05, 3.63) is 34.0 Å². The van der Waals surface area contributed by atoms with Gasteiger partial charge in [-0.25, -0.2) is 9.67 Å². The van der Waals surface area contributed by atoms with Crippen molar-refractivity contribution in [3.63, 3.8) is 0 Å². The molecule has 0 spiro atoms. The Bertz CT molecular complexity index is 835. The molecule has 0 aliphatic carbocycles. The summed E-state index contributed by atoms with van der Waals surface area (Å²) in [6.45, 7) is 8.54. The number of hydrogen-bond donors (Lipinski definition) is 2. The van der Waals surface area contributed by atoms with E-state index in [1.165, 1.54) is 24.3 Å². The van der Waals surface area contributed by atoms with Crippen molar-refractivity contribution in [2.75, 3.05) is 33.3 Å². The summed E-state index contributed by atoms with van der Waals surface area (Å²) in [6.07, 6.45) is 4.48. The van der Waals surface area contributed by atoms with Crippen molar-refractivity contribution < 1.29 is 4.74 Å². The Morgan fingerprint density at radius 2 is 2.29 bits per heavy atom.